The second-order valence-electron chi connectivity index (χ2n) is 6.42. The zero-order valence-corrected chi connectivity index (χ0v) is 14.2. The molecule has 0 amide bonds. The van der Waals surface area contributed by atoms with Crippen LogP contribution in [0.4, 0.5) is 19.1 Å². The Morgan fingerprint density at radius 1 is 1.54 bits per heavy atom. The van der Waals surface area contributed by atoms with Gasteiger partial charge in [-0.3, -0.25) is 0 Å². The summed E-state index contributed by atoms with van der Waals surface area (Å²) in [5, 5.41) is 26.1. The lowest BCUT2D eigenvalue weighted by molar-refractivity contribution is -0.0136. The summed E-state index contributed by atoms with van der Waals surface area (Å²) in [4.78, 5) is 3.97. The van der Waals surface area contributed by atoms with Crippen LogP contribution in [0.1, 0.15) is 37.4 Å². The SMILES string of the molecule is CC(c1c(C#N)c(F)c2cnc(N[C@@H]3CCOC[C@H]3O)nn12)C(C)(F)F. The predicted octanol–water partition coefficient (Wildman–Crippen LogP) is 2.06. The molecule has 0 saturated carbocycles. The Balaban J connectivity index is 2.06. The second-order valence-corrected chi connectivity index (χ2v) is 6.42. The number of aliphatic hydroxyl groups is 1. The van der Waals surface area contributed by atoms with Gasteiger partial charge in [-0.2, -0.15) is 5.26 Å². The van der Waals surface area contributed by atoms with E-state index in [0.29, 0.717) is 20.0 Å². The van der Waals surface area contributed by atoms with E-state index in [-0.39, 0.29) is 29.8 Å². The minimum absolute atomic E-state index is 0.0378. The van der Waals surface area contributed by atoms with Crippen LogP contribution in [-0.4, -0.2) is 51.0 Å². The Hall–Kier alpha value is -2.38. The number of hydrogen-bond donors (Lipinski definition) is 2. The molecule has 1 fully saturated rings. The van der Waals surface area contributed by atoms with Crippen molar-refractivity contribution in [3.8, 4) is 6.07 Å². The van der Waals surface area contributed by atoms with E-state index in [9.17, 15) is 23.5 Å². The van der Waals surface area contributed by atoms with Crippen LogP contribution in [0.2, 0.25) is 0 Å². The molecule has 1 saturated heterocycles. The van der Waals surface area contributed by atoms with Gasteiger partial charge < -0.3 is 15.2 Å². The third-order valence-corrected chi connectivity index (χ3v) is 4.58. The molecule has 7 nitrogen and oxygen atoms in total. The quantitative estimate of drug-likeness (QED) is 0.857. The van der Waals surface area contributed by atoms with Gasteiger partial charge in [0.25, 0.3) is 5.92 Å². The summed E-state index contributed by atoms with van der Waals surface area (Å²) in [5.74, 6) is -5.51. The van der Waals surface area contributed by atoms with E-state index in [1.165, 1.54) is 6.92 Å². The van der Waals surface area contributed by atoms with Gasteiger partial charge in [0.15, 0.2) is 5.82 Å². The molecule has 0 aromatic carbocycles. The summed E-state index contributed by atoms with van der Waals surface area (Å²) in [7, 11) is 0. The molecule has 2 N–H and O–H groups in total. The van der Waals surface area contributed by atoms with Crippen molar-refractivity contribution in [3.05, 3.63) is 23.3 Å². The van der Waals surface area contributed by atoms with Gasteiger partial charge in [0.2, 0.25) is 5.95 Å². The van der Waals surface area contributed by atoms with E-state index in [1.807, 2.05) is 0 Å². The fourth-order valence-corrected chi connectivity index (χ4v) is 2.90. The zero-order chi connectivity index (χ0) is 19.1. The summed E-state index contributed by atoms with van der Waals surface area (Å²) in [6.45, 7) is 2.51. The van der Waals surface area contributed by atoms with Crippen LogP contribution < -0.4 is 5.32 Å². The van der Waals surface area contributed by atoms with Crippen LogP contribution in [0.25, 0.3) is 5.52 Å². The average molecular weight is 369 g/mol. The predicted molar refractivity (Wildman–Crippen MR) is 85.5 cm³/mol. The van der Waals surface area contributed by atoms with Gasteiger partial charge in [0.05, 0.1) is 36.6 Å². The highest BCUT2D eigenvalue weighted by Crippen LogP contribution is 2.36. The van der Waals surface area contributed by atoms with Crippen molar-refractivity contribution in [1.29, 1.82) is 5.26 Å². The molecule has 0 radical (unpaired) electrons. The molecular formula is C16H18F3N5O2. The zero-order valence-electron chi connectivity index (χ0n) is 14.2. The normalized spacial score (nSPS) is 22.2. The molecule has 0 aliphatic carbocycles. The van der Waals surface area contributed by atoms with Crippen molar-refractivity contribution in [3.63, 3.8) is 0 Å². The number of nitrogens with one attached hydrogen (secondary N) is 1. The minimum Gasteiger partial charge on any atom is -0.389 e. The molecule has 3 atom stereocenters. The van der Waals surface area contributed by atoms with Crippen molar-refractivity contribution in [2.75, 3.05) is 18.5 Å². The number of alkyl halides is 2. The highest BCUT2D eigenvalue weighted by molar-refractivity contribution is 5.58. The van der Waals surface area contributed by atoms with Gasteiger partial charge in [-0.05, 0) is 6.42 Å². The van der Waals surface area contributed by atoms with Crippen LogP contribution in [-0.2, 0) is 4.74 Å². The monoisotopic (exact) mass is 369 g/mol. The summed E-state index contributed by atoms with van der Waals surface area (Å²) in [6, 6.07) is 1.26. The van der Waals surface area contributed by atoms with Crippen LogP contribution in [0.3, 0.4) is 0 Å². The van der Waals surface area contributed by atoms with Crippen molar-refractivity contribution < 1.29 is 23.0 Å². The van der Waals surface area contributed by atoms with Gasteiger partial charge in [0.1, 0.15) is 17.1 Å². The molecular weight excluding hydrogens is 351 g/mol. The molecule has 10 heteroatoms. The smallest absolute Gasteiger partial charge is 0.253 e. The fourth-order valence-electron chi connectivity index (χ4n) is 2.90. The van der Waals surface area contributed by atoms with Gasteiger partial charge in [-0.25, -0.2) is 22.7 Å². The maximum Gasteiger partial charge on any atom is 0.253 e. The van der Waals surface area contributed by atoms with E-state index in [4.69, 9.17) is 4.74 Å². The number of fused-ring (bicyclic) bond motifs is 1. The molecule has 2 aromatic heterocycles. The topological polar surface area (TPSA) is 95.5 Å². The number of halogens is 3. The Labute approximate surface area is 147 Å². The first-order chi connectivity index (χ1) is 12.2. The van der Waals surface area contributed by atoms with E-state index in [0.717, 1.165) is 10.7 Å². The van der Waals surface area contributed by atoms with E-state index >= 15 is 0 Å². The largest absolute Gasteiger partial charge is 0.389 e. The number of hydrogen-bond acceptors (Lipinski definition) is 6. The Morgan fingerprint density at radius 2 is 2.27 bits per heavy atom. The fraction of sp³-hybridized carbons (Fsp3) is 0.562. The number of aliphatic hydroxyl groups excluding tert-OH is 1. The molecule has 3 rings (SSSR count). The van der Waals surface area contributed by atoms with E-state index in [2.05, 4.69) is 15.4 Å². The Kier molecular flexibility index (Phi) is 4.77. The molecule has 2 aromatic rings. The van der Waals surface area contributed by atoms with Crippen molar-refractivity contribution in [2.45, 2.75) is 44.3 Å². The molecule has 0 bridgehead atoms. The second kappa shape index (κ2) is 6.74. The molecule has 3 heterocycles. The molecule has 1 aliphatic heterocycles. The first-order valence-electron chi connectivity index (χ1n) is 8.11. The minimum atomic E-state index is -3.18. The maximum absolute atomic E-state index is 14.4. The molecule has 140 valence electrons. The number of anilines is 1. The maximum atomic E-state index is 14.4. The van der Waals surface area contributed by atoms with Crippen molar-refractivity contribution in [2.24, 2.45) is 0 Å². The van der Waals surface area contributed by atoms with Crippen LogP contribution in [0, 0.1) is 17.1 Å². The van der Waals surface area contributed by atoms with Gasteiger partial charge >= 0.3 is 0 Å². The third-order valence-electron chi connectivity index (χ3n) is 4.58. The first-order valence-corrected chi connectivity index (χ1v) is 8.11. The lowest BCUT2D eigenvalue weighted by Gasteiger charge is -2.28. The highest BCUT2D eigenvalue weighted by Gasteiger charge is 2.37. The number of nitriles is 1. The van der Waals surface area contributed by atoms with Crippen molar-refractivity contribution >= 4 is 11.5 Å². The lowest BCUT2D eigenvalue weighted by Crippen LogP contribution is -2.42. The van der Waals surface area contributed by atoms with E-state index < -0.39 is 29.3 Å². The van der Waals surface area contributed by atoms with E-state index in [1.54, 1.807) is 6.07 Å². The molecule has 1 unspecified atom stereocenters. The summed E-state index contributed by atoms with van der Waals surface area (Å²) < 4.78 is 48.2. The highest BCUT2D eigenvalue weighted by atomic mass is 19.3. The van der Waals surface area contributed by atoms with Crippen LogP contribution >= 0.6 is 0 Å². The molecule has 0 spiro atoms. The van der Waals surface area contributed by atoms with Crippen LogP contribution in [0.5, 0.6) is 0 Å². The first kappa shape index (κ1) is 18.4. The summed E-state index contributed by atoms with van der Waals surface area (Å²) in [5.41, 5.74) is -0.854. The Bertz CT molecular complexity index is 858. The number of aromatic nitrogens is 3. The average Bonchev–Trinajstić information content (AvgIpc) is 2.87. The van der Waals surface area contributed by atoms with Gasteiger partial charge in [-0.15, -0.1) is 5.10 Å². The third kappa shape index (κ3) is 3.20. The van der Waals surface area contributed by atoms with Crippen LogP contribution in [0.15, 0.2) is 6.20 Å². The lowest BCUT2D eigenvalue weighted by atomic mass is 9.98. The van der Waals surface area contributed by atoms with Gasteiger partial charge in [0, 0.05) is 13.5 Å². The summed E-state index contributed by atoms with van der Waals surface area (Å²) >= 11 is 0. The number of rotatable bonds is 4. The Morgan fingerprint density at radius 3 is 2.88 bits per heavy atom. The number of ether oxygens (including phenoxy) is 1. The van der Waals surface area contributed by atoms with Gasteiger partial charge in [-0.1, -0.05) is 6.92 Å². The standard InChI is InChI=1S/C16H18F3N5O2/c1-8(16(2,18)19)14-9(5-20)13(17)11-6-21-15(23-24(11)14)22-10-3-4-26-7-12(10)25/h6,8,10,12,25H,3-4,7H2,1-2H3,(H,22,23)/t8?,10-,12-/m1/s1. The van der Waals surface area contributed by atoms with Crippen molar-refractivity contribution in [1.82, 2.24) is 14.6 Å². The molecule has 1 aliphatic rings. The molecule has 26 heavy (non-hydrogen) atoms. The number of nitrogens with zero attached hydrogens (tertiary/aromatic N) is 4. The summed E-state index contributed by atoms with van der Waals surface area (Å²) in [6.07, 6.45) is 0.848.